The van der Waals surface area contributed by atoms with E-state index in [0.29, 0.717) is 6.07 Å². The molecule has 0 unspecified atom stereocenters. The fraction of sp³-hybridized carbons (Fsp3) is 0.480. The molecule has 0 aromatic heterocycles. The number of hydrogen-bond donors (Lipinski definition) is 1. The number of rotatable bonds is 7. The Bertz CT molecular complexity index is 1360. The monoisotopic (exact) mass is 562 g/mol. The first-order chi connectivity index (χ1) is 17.8. The van der Waals surface area contributed by atoms with Crippen molar-refractivity contribution in [2.75, 3.05) is 12.4 Å². The number of amides is 1. The standard InChI is InChI=1S/C25H24F6N2O4S/c1-2-38(35,36)32-22-18-12-19(18)33(23(34)24(6-7-37-24)25(29,30)31)20(22)10-13-4-3-5-17(21(13)28)14-8-15(26)11-16(27)9-14/h3-5,8-9,11,18-20,22,32H,2,6-7,10,12H2,1H3/t18-,19+,20+,22+,24-/m0/s1. The molecule has 0 bridgehead atoms. The van der Waals surface area contributed by atoms with Crippen molar-refractivity contribution in [1.82, 2.24) is 9.62 Å². The van der Waals surface area contributed by atoms with E-state index in [1.807, 2.05) is 0 Å². The minimum Gasteiger partial charge on any atom is -0.357 e. The highest BCUT2D eigenvalue weighted by molar-refractivity contribution is 7.89. The molecule has 3 aliphatic rings. The lowest BCUT2D eigenvalue weighted by Gasteiger charge is -2.45. The Kier molecular flexibility index (Phi) is 6.55. The molecule has 6 nitrogen and oxygen atoms in total. The summed E-state index contributed by atoms with van der Waals surface area (Å²) in [6, 6.07) is 3.78. The van der Waals surface area contributed by atoms with Crippen LogP contribution in [-0.4, -0.2) is 61.5 Å². The molecule has 5 atom stereocenters. The molecule has 3 fully saturated rings. The van der Waals surface area contributed by atoms with E-state index in [1.54, 1.807) is 0 Å². The number of carbonyl (C=O) groups excluding carboxylic acids is 1. The highest BCUT2D eigenvalue weighted by atomic mass is 32.2. The maximum atomic E-state index is 15.7. The third kappa shape index (κ3) is 4.47. The van der Waals surface area contributed by atoms with Gasteiger partial charge in [0.05, 0.1) is 18.4 Å². The summed E-state index contributed by atoms with van der Waals surface area (Å²) in [6.07, 6.45) is -5.61. The molecule has 1 N–H and O–H groups in total. The van der Waals surface area contributed by atoms with Crippen LogP contribution in [0.3, 0.4) is 0 Å². The molecule has 5 rings (SSSR count). The predicted molar refractivity (Wildman–Crippen MR) is 124 cm³/mol. The van der Waals surface area contributed by atoms with Crippen LogP contribution in [0.25, 0.3) is 11.1 Å². The zero-order chi connectivity index (χ0) is 27.6. The number of carbonyl (C=O) groups is 1. The average Bonchev–Trinajstić information content (AvgIpc) is 3.50. The summed E-state index contributed by atoms with van der Waals surface area (Å²) < 4.78 is 117. The Hall–Kier alpha value is -2.64. The molecule has 38 heavy (non-hydrogen) atoms. The molecule has 2 aromatic rings. The number of sulfonamides is 1. The Balaban J connectivity index is 1.54. The number of halogens is 6. The van der Waals surface area contributed by atoms with E-state index in [9.17, 15) is 35.2 Å². The molecule has 2 aromatic carbocycles. The van der Waals surface area contributed by atoms with Gasteiger partial charge in [0.1, 0.15) is 17.5 Å². The first kappa shape index (κ1) is 26.9. The van der Waals surface area contributed by atoms with E-state index in [-0.39, 0.29) is 41.9 Å². The third-order valence-corrected chi connectivity index (χ3v) is 9.00. The van der Waals surface area contributed by atoms with E-state index in [4.69, 9.17) is 4.74 Å². The summed E-state index contributed by atoms with van der Waals surface area (Å²) in [6.45, 7) is 1.13. The van der Waals surface area contributed by atoms with Gasteiger partial charge in [0, 0.05) is 30.1 Å². The summed E-state index contributed by atoms with van der Waals surface area (Å²) in [5, 5.41) is 0. The second-order valence-corrected chi connectivity index (χ2v) is 11.9. The van der Waals surface area contributed by atoms with Gasteiger partial charge in [-0.15, -0.1) is 0 Å². The molecular weight excluding hydrogens is 538 g/mol. The molecule has 0 radical (unpaired) electrons. The number of fused-ring (bicyclic) bond motifs is 1. The molecule has 2 heterocycles. The number of piperidine rings is 1. The lowest BCUT2D eigenvalue weighted by molar-refractivity contribution is -0.313. The Morgan fingerprint density at radius 2 is 1.82 bits per heavy atom. The molecule has 1 amide bonds. The Morgan fingerprint density at radius 1 is 1.16 bits per heavy atom. The van der Waals surface area contributed by atoms with Crippen LogP contribution >= 0.6 is 0 Å². The maximum absolute atomic E-state index is 15.7. The minimum atomic E-state index is -5.00. The zero-order valence-corrected chi connectivity index (χ0v) is 20.9. The van der Waals surface area contributed by atoms with Crippen molar-refractivity contribution in [3.05, 3.63) is 59.4 Å². The fourth-order valence-electron chi connectivity index (χ4n) is 5.52. The van der Waals surface area contributed by atoms with Gasteiger partial charge in [-0.25, -0.2) is 26.3 Å². The van der Waals surface area contributed by atoms with Gasteiger partial charge in [0.25, 0.3) is 5.91 Å². The van der Waals surface area contributed by atoms with Crippen LogP contribution in [0.5, 0.6) is 0 Å². The van der Waals surface area contributed by atoms with Crippen LogP contribution in [-0.2, 0) is 26.0 Å². The number of hydrogen-bond acceptors (Lipinski definition) is 4. The summed E-state index contributed by atoms with van der Waals surface area (Å²) in [7, 11) is -3.83. The number of ether oxygens (including phenoxy) is 1. The second-order valence-electron chi connectivity index (χ2n) is 9.86. The van der Waals surface area contributed by atoms with E-state index in [0.717, 1.165) is 17.0 Å². The van der Waals surface area contributed by atoms with Gasteiger partial charge in [-0.1, -0.05) is 18.2 Å². The fourth-order valence-corrected chi connectivity index (χ4v) is 6.43. The van der Waals surface area contributed by atoms with E-state index in [1.165, 1.54) is 25.1 Å². The number of nitrogens with one attached hydrogen (secondary N) is 1. The minimum absolute atomic E-state index is 0.0486. The predicted octanol–water partition coefficient (Wildman–Crippen LogP) is 3.94. The van der Waals surface area contributed by atoms with Gasteiger partial charge in [-0.3, -0.25) is 4.79 Å². The maximum Gasteiger partial charge on any atom is 0.426 e. The van der Waals surface area contributed by atoms with E-state index < -0.39 is 75.6 Å². The van der Waals surface area contributed by atoms with Crippen molar-refractivity contribution in [2.24, 2.45) is 5.92 Å². The summed E-state index contributed by atoms with van der Waals surface area (Å²) in [4.78, 5) is 14.4. The Labute approximate surface area is 215 Å². The number of likely N-dealkylation sites (tertiary alicyclic amines) is 1. The smallest absolute Gasteiger partial charge is 0.357 e. The quantitative estimate of drug-likeness (QED) is 0.519. The zero-order valence-electron chi connectivity index (χ0n) is 20.1. The second kappa shape index (κ2) is 9.23. The van der Waals surface area contributed by atoms with Gasteiger partial charge < -0.3 is 9.64 Å². The molecular formula is C25H24F6N2O4S. The first-order valence-electron chi connectivity index (χ1n) is 12.1. The van der Waals surface area contributed by atoms with Crippen LogP contribution in [0.4, 0.5) is 26.3 Å². The molecule has 0 spiro atoms. The van der Waals surface area contributed by atoms with Gasteiger partial charge >= 0.3 is 6.18 Å². The van der Waals surface area contributed by atoms with Crippen molar-refractivity contribution >= 4 is 15.9 Å². The summed E-state index contributed by atoms with van der Waals surface area (Å²) in [5.74, 6) is -4.80. The lowest BCUT2D eigenvalue weighted by atomic mass is 9.89. The van der Waals surface area contributed by atoms with Crippen molar-refractivity contribution in [3.63, 3.8) is 0 Å². The van der Waals surface area contributed by atoms with Crippen LogP contribution in [0.1, 0.15) is 25.3 Å². The van der Waals surface area contributed by atoms with Crippen LogP contribution < -0.4 is 4.72 Å². The van der Waals surface area contributed by atoms with Crippen molar-refractivity contribution in [2.45, 2.75) is 56.1 Å². The number of nitrogens with zero attached hydrogens (tertiary/aromatic N) is 1. The largest absolute Gasteiger partial charge is 0.426 e. The summed E-state index contributed by atoms with van der Waals surface area (Å²) >= 11 is 0. The normalized spacial score (nSPS) is 28.7. The van der Waals surface area contributed by atoms with Gasteiger partial charge in [-0.2, -0.15) is 13.2 Å². The highest BCUT2D eigenvalue weighted by Gasteiger charge is 2.71. The van der Waals surface area contributed by atoms with Crippen LogP contribution in [0.2, 0.25) is 0 Å². The molecule has 13 heteroatoms. The van der Waals surface area contributed by atoms with Crippen molar-refractivity contribution < 1.29 is 44.3 Å². The molecule has 206 valence electrons. The molecule has 1 aliphatic carbocycles. The van der Waals surface area contributed by atoms with Gasteiger partial charge in [-0.05, 0) is 48.9 Å². The topological polar surface area (TPSA) is 75.7 Å². The Morgan fingerprint density at radius 3 is 2.37 bits per heavy atom. The third-order valence-electron chi connectivity index (χ3n) is 7.61. The molecule has 2 aliphatic heterocycles. The molecule has 2 saturated heterocycles. The van der Waals surface area contributed by atoms with Crippen molar-refractivity contribution in [3.8, 4) is 11.1 Å². The molecule has 1 saturated carbocycles. The summed E-state index contributed by atoms with van der Waals surface area (Å²) in [5.41, 5.74) is -3.32. The van der Waals surface area contributed by atoms with Gasteiger partial charge in [0.15, 0.2) is 0 Å². The average molecular weight is 563 g/mol. The highest BCUT2D eigenvalue weighted by Crippen LogP contribution is 2.53. The van der Waals surface area contributed by atoms with Gasteiger partial charge in [0.2, 0.25) is 15.6 Å². The number of alkyl halides is 3. The van der Waals surface area contributed by atoms with Crippen molar-refractivity contribution in [1.29, 1.82) is 0 Å². The lowest BCUT2D eigenvalue weighted by Crippen LogP contribution is -2.67. The van der Waals surface area contributed by atoms with Crippen LogP contribution in [0.15, 0.2) is 36.4 Å². The van der Waals surface area contributed by atoms with E-state index >= 15 is 4.39 Å². The SMILES string of the molecule is CCS(=O)(=O)N[C@@H]1[C@H]2C[C@H]2N(C(=O)[C@]2(C(F)(F)F)CCO2)[C@@H]1Cc1cccc(-c2cc(F)cc(F)c2)c1F. The number of benzene rings is 2. The van der Waals surface area contributed by atoms with Crippen LogP contribution in [0, 0.1) is 23.4 Å². The first-order valence-corrected chi connectivity index (χ1v) is 13.7. The van der Waals surface area contributed by atoms with E-state index in [2.05, 4.69) is 4.72 Å².